The van der Waals surface area contributed by atoms with Crippen LogP contribution in [0.4, 0.5) is 10.1 Å². The molecule has 1 atom stereocenters. The van der Waals surface area contributed by atoms with Gasteiger partial charge >= 0.3 is 0 Å². The summed E-state index contributed by atoms with van der Waals surface area (Å²) in [6.07, 6.45) is 6.10. The lowest BCUT2D eigenvalue weighted by Gasteiger charge is -2.33. The van der Waals surface area contributed by atoms with Crippen LogP contribution in [0.25, 0.3) is 0 Å². The number of nitrogens with one attached hydrogen (secondary N) is 1. The summed E-state index contributed by atoms with van der Waals surface area (Å²) in [4.78, 5) is 28.0. The van der Waals surface area contributed by atoms with Gasteiger partial charge < -0.3 is 10.2 Å². The van der Waals surface area contributed by atoms with E-state index in [0.29, 0.717) is 11.3 Å². The van der Waals surface area contributed by atoms with E-state index in [9.17, 15) is 22.4 Å². The predicted octanol–water partition coefficient (Wildman–Crippen LogP) is 4.06. The summed E-state index contributed by atoms with van der Waals surface area (Å²) in [6.45, 7) is 1.22. The van der Waals surface area contributed by atoms with Crippen LogP contribution in [0, 0.1) is 9.39 Å². The number of halogens is 2. The molecule has 10 heteroatoms. The highest BCUT2D eigenvalue weighted by atomic mass is 127. The summed E-state index contributed by atoms with van der Waals surface area (Å²) >= 11 is 2.12. The molecule has 1 fully saturated rings. The maximum Gasteiger partial charge on any atom is 0.244 e. The van der Waals surface area contributed by atoms with Gasteiger partial charge in [0.25, 0.3) is 0 Å². The Balaban J connectivity index is 1.85. The van der Waals surface area contributed by atoms with E-state index in [2.05, 4.69) is 27.9 Å². The van der Waals surface area contributed by atoms with Gasteiger partial charge in [0.15, 0.2) is 0 Å². The fourth-order valence-corrected chi connectivity index (χ4v) is 5.37. The highest BCUT2D eigenvalue weighted by Gasteiger charge is 2.31. The highest BCUT2D eigenvalue weighted by Crippen LogP contribution is 2.21. The van der Waals surface area contributed by atoms with Crippen molar-refractivity contribution < 1.29 is 22.4 Å². The van der Waals surface area contributed by atoms with Crippen molar-refractivity contribution in [2.45, 2.75) is 57.7 Å². The molecule has 0 spiro atoms. The van der Waals surface area contributed by atoms with Gasteiger partial charge in [0.05, 0.1) is 11.9 Å². The van der Waals surface area contributed by atoms with Crippen molar-refractivity contribution in [3.63, 3.8) is 0 Å². The Labute approximate surface area is 220 Å². The average molecular weight is 616 g/mol. The van der Waals surface area contributed by atoms with Crippen LogP contribution in [-0.2, 0) is 26.2 Å². The van der Waals surface area contributed by atoms with Crippen LogP contribution in [0.15, 0.2) is 48.5 Å². The number of rotatable bonds is 9. The molecule has 1 aliphatic carbocycles. The van der Waals surface area contributed by atoms with Crippen LogP contribution < -0.4 is 9.62 Å². The Hall–Kier alpha value is -2.21. The third-order valence-corrected chi connectivity index (χ3v) is 8.04. The first-order chi connectivity index (χ1) is 16.5. The first-order valence-electron chi connectivity index (χ1n) is 11.6. The Kier molecular flexibility index (Phi) is 9.51. The van der Waals surface area contributed by atoms with Crippen molar-refractivity contribution in [2.24, 2.45) is 0 Å². The summed E-state index contributed by atoms with van der Waals surface area (Å²) in [5.41, 5.74) is 1.000. The minimum atomic E-state index is -3.77. The number of carbonyl (C=O) groups excluding carboxylic acids is 2. The Morgan fingerprint density at radius 2 is 1.66 bits per heavy atom. The number of carbonyl (C=O) groups is 2. The van der Waals surface area contributed by atoms with Gasteiger partial charge in [-0.2, -0.15) is 0 Å². The first kappa shape index (κ1) is 27.4. The van der Waals surface area contributed by atoms with E-state index in [0.717, 1.165) is 46.2 Å². The summed E-state index contributed by atoms with van der Waals surface area (Å²) in [5, 5.41) is 3.04. The Morgan fingerprint density at radius 3 is 2.23 bits per heavy atom. The molecular weight excluding hydrogens is 584 g/mol. The van der Waals surface area contributed by atoms with Crippen molar-refractivity contribution >= 4 is 50.1 Å². The van der Waals surface area contributed by atoms with E-state index in [1.165, 1.54) is 17.0 Å². The maximum atomic E-state index is 13.5. The van der Waals surface area contributed by atoms with Gasteiger partial charge in [-0.05, 0) is 84.3 Å². The van der Waals surface area contributed by atoms with Crippen molar-refractivity contribution in [3.8, 4) is 0 Å². The van der Waals surface area contributed by atoms with Gasteiger partial charge in [-0.15, -0.1) is 0 Å². The molecule has 7 nitrogen and oxygen atoms in total. The molecule has 0 radical (unpaired) electrons. The second-order valence-electron chi connectivity index (χ2n) is 8.91. The van der Waals surface area contributed by atoms with Crippen LogP contribution in [0.3, 0.4) is 0 Å². The molecule has 0 saturated heterocycles. The molecular formula is C25H31FIN3O4S. The molecule has 3 rings (SSSR count). The zero-order valence-corrected chi connectivity index (χ0v) is 22.9. The summed E-state index contributed by atoms with van der Waals surface area (Å²) in [7, 11) is -3.77. The molecule has 0 heterocycles. The molecule has 1 aliphatic rings. The topological polar surface area (TPSA) is 86.8 Å². The van der Waals surface area contributed by atoms with Crippen molar-refractivity contribution in [2.75, 3.05) is 17.1 Å². The SMILES string of the molecule is CC(C(=O)NC1CCCCC1)N(Cc1ccc(F)cc1)C(=O)CN(c1ccc(I)cc1)S(C)(=O)=O. The minimum Gasteiger partial charge on any atom is -0.352 e. The quantitative estimate of drug-likeness (QED) is 0.432. The number of sulfonamides is 1. The van der Waals surface area contributed by atoms with E-state index in [4.69, 9.17) is 0 Å². The fraction of sp³-hybridized carbons (Fsp3) is 0.440. The van der Waals surface area contributed by atoms with Crippen LogP contribution in [0.1, 0.15) is 44.6 Å². The lowest BCUT2D eigenvalue weighted by Crippen LogP contribution is -2.52. The zero-order chi connectivity index (χ0) is 25.6. The monoisotopic (exact) mass is 615 g/mol. The second kappa shape index (κ2) is 12.2. The lowest BCUT2D eigenvalue weighted by atomic mass is 9.95. The standard InChI is InChI=1S/C25H31FIN3O4S/c1-18(25(32)28-22-6-4-3-5-7-22)29(16-19-8-10-20(26)11-9-19)24(31)17-30(35(2,33)34)23-14-12-21(27)13-15-23/h8-15,18,22H,3-7,16-17H2,1-2H3,(H,28,32). The molecule has 1 unspecified atom stereocenters. The summed E-state index contributed by atoms with van der Waals surface area (Å²) in [6, 6.07) is 11.7. The molecule has 2 amide bonds. The molecule has 2 aromatic rings. The van der Waals surface area contributed by atoms with Crippen LogP contribution in [0.5, 0.6) is 0 Å². The largest absolute Gasteiger partial charge is 0.352 e. The van der Waals surface area contributed by atoms with Gasteiger partial charge in [-0.25, -0.2) is 12.8 Å². The van der Waals surface area contributed by atoms with E-state index in [1.807, 2.05) is 0 Å². The first-order valence-corrected chi connectivity index (χ1v) is 14.5. The number of hydrogen-bond donors (Lipinski definition) is 1. The third kappa shape index (κ3) is 7.89. The number of amides is 2. The van der Waals surface area contributed by atoms with Crippen LogP contribution in [0.2, 0.25) is 0 Å². The fourth-order valence-electron chi connectivity index (χ4n) is 4.16. The van der Waals surface area contributed by atoms with Gasteiger partial charge in [0.1, 0.15) is 18.4 Å². The lowest BCUT2D eigenvalue weighted by molar-refractivity contribution is -0.139. The van der Waals surface area contributed by atoms with E-state index >= 15 is 0 Å². The number of hydrogen-bond acceptors (Lipinski definition) is 4. The minimum absolute atomic E-state index is 0.0443. The van der Waals surface area contributed by atoms with Crippen LogP contribution >= 0.6 is 22.6 Å². The molecule has 1 saturated carbocycles. The van der Waals surface area contributed by atoms with Crippen LogP contribution in [-0.4, -0.2) is 50.0 Å². The number of nitrogens with zero attached hydrogens (tertiary/aromatic N) is 2. The highest BCUT2D eigenvalue weighted by molar-refractivity contribution is 14.1. The van der Waals surface area contributed by atoms with Crippen molar-refractivity contribution in [1.82, 2.24) is 10.2 Å². The predicted molar refractivity (Wildman–Crippen MR) is 143 cm³/mol. The smallest absolute Gasteiger partial charge is 0.244 e. The molecule has 2 aromatic carbocycles. The average Bonchev–Trinajstić information content (AvgIpc) is 2.82. The molecule has 0 aliphatic heterocycles. The second-order valence-corrected chi connectivity index (χ2v) is 12.1. The zero-order valence-electron chi connectivity index (χ0n) is 19.9. The molecule has 0 bridgehead atoms. The molecule has 0 aromatic heterocycles. The van der Waals surface area contributed by atoms with Crippen molar-refractivity contribution in [1.29, 1.82) is 0 Å². The maximum absolute atomic E-state index is 13.5. The normalized spacial score (nSPS) is 15.3. The van der Waals surface area contributed by atoms with Gasteiger partial charge in [-0.1, -0.05) is 31.4 Å². The summed E-state index contributed by atoms with van der Waals surface area (Å²) < 4.78 is 40.5. The van der Waals surface area contributed by atoms with Crippen molar-refractivity contribution in [3.05, 3.63) is 63.5 Å². The number of benzene rings is 2. The Bertz CT molecular complexity index is 1120. The van der Waals surface area contributed by atoms with E-state index in [-0.39, 0.29) is 18.5 Å². The Morgan fingerprint density at radius 1 is 1.06 bits per heavy atom. The summed E-state index contributed by atoms with van der Waals surface area (Å²) in [5.74, 6) is -1.21. The van der Waals surface area contributed by atoms with Gasteiger partial charge in [0, 0.05) is 16.2 Å². The molecule has 1 N–H and O–H groups in total. The van der Waals surface area contributed by atoms with E-state index < -0.39 is 34.3 Å². The molecule has 190 valence electrons. The number of anilines is 1. The molecule has 35 heavy (non-hydrogen) atoms. The van der Waals surface area contributed by atoms with Gasteiger partial charge in [-0.3, -0.25) is 13.9 Å². The third-order valence-electron chi connectivity index (χ3n) is 6.18. The van der Waals surface area contributed by atoms with E-state index in [1.54, 1.807) is 43.3 Å². The van der Waals surface area contributed by atoms with Gasteiger partial charge in [0.2, 0.25) is 21.8 Å².